The quantitative estimate of drug-likeness (QED) is 0.895. The number of hydrogen-bond donors (Lipinski definition) is 2. The Morgan fingerprint density at radius 2 is 1.86 bits per heavy atom. The monoisotopic (exact) mass is 330 g/mol. The van der Waals surface area contributed by atoms with Crippen molar-refractivity contribution in [2.24, 2.45) is 11.7 Å². The van der Waals surface area contributed by atoms with Crippen LogP contribution in [0.4, 0.5) is 8.78 Å². The number of nitrogens with two attached hydrogens (primary N) is 1. The highest BCUT2D eigenvalue weighted by molar-refractivity contribution is 5.85. The van der Waals surface area contributed by atoms with Crippen LogP contribution in [0.15, 0.2) is 18.2 Å². The Morgan fingerprint density at radius 3 is 2.50 bits per heavy atom. The first-order valence-corrected chi connectivity index (χ1v) is 7.55. The zero-order valence-electron chi connectivity index (χ0n) is 12.2. The van der Waals surface area contributed by atoms with Gasteiger partial charge in [0.2, 0.25) is 5.91 Å². The molecule has 0 aromatic heterocycles. The topological polar surface area (TPSA) is 55.1 Å². The molecule has 0 heterocycles. The van der Waals surface area contributed by atoms with E-state index < -0.39 is 11.6 Å². The lowest BCUT2D eigenvalue weighted by atomic mass is 9.91. The van der Waals surface area contributed by atoms with E-state index in [0.29, 0.717) is 12.0 Å². The average Bonchev–Trinajstić information content (AvgIpc) is 3.21. The van der Waals surface area contributed by atoms with Crippen molar-refractivity contribution < 1.29 is 13.6 Å². The van der Waals surface area contributed by atoms with E-state index in [0.717, 1.165) is 31.7 Å². The van der Waals surface area contributed by atoms with Crippen LogP contribution in [0.5, 0.6) is 0 Å². The second-order valence-corrected chi connectivity index (χ2v) is 6.23. The van der Waals surface area contributed by atoms with Crippen molar-refractivity contribution in [2.75, 3.05) is 0 Å². The highest BCUT2D eigenvalue weighted by atomic mass is 35.5. The van der Waals surface area contributed by atoms with Gasteiger partial charge in [-0.2, -0.15) is 0 Å². The summed E-state index contributed by atoms with van der Waals surface area (Å²) in [6, 6.07) is 4.01. The van der Waals surface area contributed by atoms with E-state index in [2.05, 4.69) is 5.32 Å². The molecule has 122 valence electrons. The Hall–Kier alpha value is -1.20. The fraction of sp³-hybridized carbons (Fsp3) is 0.562. The van der Waals surface area contributed by atoms with Gasteiger partial charge in [-0.05, 0) is 49.7 Å². The molecule has 2 aliphatic rings. The maximum atomic E-state index is 13.7. The summed E-state index contributed by atoms with van der Waals surface area (Å²) in [5, 5.41) is 3.04. The van der Waals surface area contributed by atoms with Crippen molar-refractivity contribution in [1.29, 1.82) is 0 Å². The predicted molar refractivity (Wildman–Crippen MR) is 82.8 cm³/mol. The summed E-state index contributed by atoms with van der Waals surface area (Å²) < 4.78 is 26.6. The van der Waals surface area contributed by atoms with Crippen molar-refractivity contribution in [3.8, 4) is 0 Å². The van der Waals surface area contributed by atoms with Crippen LogP contribution in [0, 0.1) is 17.6 Å². The van der Waals surface area contributed by atoms with E-state index >= 15 is 0 Å². The Kier molecular flexibility index (Phi) is 5.40. The van der Waals surface area contributed by atoms with E-state index in [1.165, 1.54) is 12.1 Å². The first kappa shape index (κ1) is 17.2. The summed E-state index contributed by atoms with van der Waals surface area (Å²) in [4.78, 5) is 12.2. The summed E-state index contributed by atoms with van der Waals surface area (Å²) >= 11 is 0. The van der Waals surface area contributed by atoms with E-state index in [9.17, 15) is 13.6 Å². The fourth-order valence-corrected chi connectivity index (χ4v) is 3.20. The molecule has 1 aromatic rings. The Bertz CT molecular complexity index is 547. The van der Waals surface area contributed by atoms with Gasteiger partial charge in [0.25, 0.3) is 0 Å². The minimum absolute atomic E-state index is 0. The van der Waals surface area contributed by atoms with E-state index in [1.54, 1.807) is 0 Å². The van der Waals surface area contributed by atoms with Gasteiger partial charge in [0.1, 0.15) is 11.6 Å². The molecule has 0 radical (unpaired) electrons. The smallest absolute Gasteiger partial charge is 0.223 e. The van der Waals surface area contributed by atoms with Crippen molar-refractivity contribution in [3.05, 3.63) is 35.4 Å². The van der Waals surface area contributed by atoms with E-state index in [4.69, 9.17) is 5.73 Å². The lowest BCUT2D eigenvalue weighted by molar-refractivity contribution is -0.123. The number of benzene rings is 1. The molecule has 3 N–H and O–H groups in total. The molecule has 3 nitrogen and oxygen atoms in total. The molecule has 2 aliphatic carbocycles. The highest BCUT2D eigenvalue weighted by Crippen LogP contribution is 2.48. The van der Waals surface area contributed by atoms with Crippen LogP contribution in [0.2, 0.25) is 0 Å². The van der Waals surface area contributed by atoms with Gasteiger partial charge in [0.05, 0.1) is 0 Å². The van der Waals surface area contributed by atoms with Crippen LogP contribution in [0.25, 0.3) is 0 Å². The van der Waals surface area contributed by atoms with Crippen molar-refractivity contribution in [2.45, 2.75) is 50.1 Å². The van der Waals surface area contributed by atoms with Crippen molar-refractivity contribution in [3.63, 3.8) is 0 Å². The first-order chi connectivity index (χ1) is 10.0. The minimum atomic E-state index is -0.587. The molecule has 6 heteroatoms. The number of amides is 1. The SMILES string of the molecule is Cl.NC1CCC(NC(=O)C2CC2c2ccc(F)cc2F)CC1. The maximum Gasteiger partial charge on any atom is 0.223 e. The van der Waals surface area contributed by atoms with Gasteiger partial charge in [-0.15, -0.1) is 12.4 Å². The van der Waals surface area contributed by atoms with Crippen molar-refractivity contribution >= 4 is 18.3 Å². The largest absolute Gasteiger partial charge is 0.353 e. The summed E-state index contributed by atoms with van der Waals surface area (Å²) in [7, 11) is 0. The molecule has 22 heavy (non-hydrogen) atoms. The summed E-state index contributed by atoms with van der Waals surface area (Å²) in [5.41, 5.74) is 6.29. The number of carbonyl (C=O) groups excluding carboxylic acids is 1. The second kappa shape index (κ2) is 6.92. The number of hydrogen-bond acceptors (Lipinski definition) is 2. The van der Waals surface area contributed by atoms with Gasteiger partial charge in [-0.25, -0.2) is 8.78 Å². The number of halogens is 3. The predicted octanol–water partition coefficient (Wildman–Crippen LogP) is 2.88. The van der Waals surface area contributed by atoms with Crippen molar-refractivity contribution in [1.82, 2.24) is 5.32 Å². The fourth-order valence-electron chi connectivity index (χ4n) is 3.20. The molecular formula is C16H21ClF2N2O. The molecule has 1 aromatic carbocycles. The molecule has 3 rings (SSSR count). The van der Waals surface area contributed by atoms with Crippen LogP contribution < -0.4 is 11.1 Å². The summed E-state index contributed by atoms with van der Waals surface area (Å²) in [6.45, 7) is 0. The van der Waals surface area contributed by atoms with Crippen LogP contribution in [0.3, 0.4) is 0 Å². The second-order valence-electron chi connectivity index (χ2n) is 6.23. The Morgan fingerprint density at radius 1 is 1.18 bits per heavy atom. The molecule has 0 saturated heterocycles. The lowest BCUT2D eigenvalue weighted by Crippen LogP contribution is -2.41. The van der Waals surface area contributed by atoms with Gasteiger partial charge < -0.3 is 11.1 Å². The highest BCUT2D eigenvalue weighted by Gasteiger charge is 2.45. The normalized spacial score (nSPS) is 30.3. The van der Waals surface area contributed by atoms with E-state index in [-0.39, 0.29) is 42.2 Å². The average molecular weight is 331 g/mol. The van der Waals surface area contributed by atoms with Gasteiger partial charge in [0, 0.05) is 24.1 Å². The zero-order chi connectivity index (χ0) is 15.0. The zero-order valence-corrected chi connectivity index (χ0v) is 13.0. The number of nitrogens with one attached hydrogen (secondary N) is 1. The molecular weight excluding hydrogens is 310 g/mol. The molecule has 0 bridgehead atoms. The molecule has 1 amide bonds. The molecule has 0 spiro atoms. The third-order valence-corrected chi connectivity index (χ3v) is 4.61. The van der Waals surface area contributed by atoms with Gasteiger partial charge in [0.15, 0.2) is 0 Å². The van der Waals surface area contributed by atoms with Crippen LogP contribution in [0.1, 0.15) is 43.6 Å². The number of rotatable bonds is 3. The third kappa shape index (κ3) is 3.76. The third-order valence-electron chi connectivity index (χ3n) is 4.61. The van der Waals surface area contributed by atoms with Crippen LogP contribution >= 0.6 is 12.4 Å². The lowest BCUT2D eigenvalue weighted by Gasteiger charge is -2.26. The molecule has 2 fully saturated rings. The Labute approximate surface area is 135 Å². The number of carbonyl (C=O) groups is 1. The first-order valence-electron chi connectivity index (χ1n) is 7.55. The van der Waals surface area contributed by atoms with Gasteiger partial charge in [-0.3, -0.25) is 4.79 Å². The Balaban J connectivity index is 0.00000176. The van der Waals surface area contributed by atoms with E-state index in [1.807, 2.05) is 0 Å². The molecule has 0 aliphatic heterocycles. The maximum absolute atomic E-state index is 13.7. The minimum Gasteiger partial charge on any atom is -0.353 e. The summed E-state index contributed by atoms with van der Waals surface area (Å²) in [6.07, 6.45) is 4.34. The van der Waals surface area contributed by atoms with Crippen LogP contribution in [-0.4, -0.2) is 18.0 Å². The molecule has 2 atom stereocenters. The molecule has 2 saturated carbocycles. The standard InChI is InChI=1S/C16H20F2N2O.ClH/c17-9-1-6-12(15(18)7-9)13-8-14(13)16(21)20-11-4-2-10(19)3-5-11;/h1,6-7,10-11,13-14H,2-5,8,19H2,(H,20,21);1H. The van der Waals surface area contributed by atoms with Gasteiger partial charge >= 0.3 is 0 Å². The molecule has 2 unspecified atom stereocenters. The van der Waals surface area contributed by atoms with Gasteiger partial charge in [-0.1, -0.05) is 6.07 Å². The summed E-state index contributed by atoms with van der Waals surface area (Å²) in [5.74, 6) is -1.45. The van der Waals surface area contributed by atoms with Crippen LogP contribution in [-0.2, 0) is 4.79 Å².